The zero-order valence-electron chi connectivity index (χ0n) is 14.9. The molecular formula is C21H18N2O4S. The third kappa shape index (κ3) is 4.93. The summed E-state index contributed by atoms with van der Waals surface area (Å²) in [5, 5.41) is 22.1. The molecule has 1 atom stereocenters. The van der Waals surface area contributed by atoms with Crippen LogP contribution in [0, 0.1) is 11.3 Å². The molecule has 1 heterocycles. The van der Waals surface area contributed by atoms with Crippen LogP contribution in [-0.4, -0.2) is 22.7 Å². The first kappa shape index (κ1) is 19.5. The van der Waals surface area contributed by atoms with Gasteiger partial charge in [-0.25, -0.2) is 0 Å². The summed E-state index contributed by atoms with van der Waals surface area (Å²) >= 11 is 1.08. The summed E-state index contributed by atoms with van der Waals surface area (Å²) in [5.41, 5.74) is 2.04. The number of hydrogen-bond donors (Lipinski definition) is 2. The molecule has 0 spiro atoms. The van der Waals surface area contributed by atoms with E-state index in [0.29, 0.717) is 10.6 Å². The van der Waals surface area contributed by atoms with Crippen molar-refractivity contribution in [1.29, 1.82) is 5.26 Å². The van der Waals surface area contributed by atoms with Crippen LogP contribution in [0.2, 0.25) is 0 Å². The van der Waals surface area contributed by atoms with Gasteiger partial charge < -0.3 is 15.2 Å². The molecule has 0 saturated heterocycles. The van der Waals surface area contributed by atoms with E-state index in [1.165, 1.54) is 12.1 Å². The highest BCUT2D eigenvalue weighted by Crippen LogP contribution is 2.36. The predicted octanol–water partition coefficient (Wildman–Crippen LogP) is 3.21. The number of ether oxygens (including phenoxy) is 1. The van der Waals surface area contributed by atoms with E-state index < -0.39 is 11.9 Å². The largest absolute Gasteiger partial charge is 0.508 e. The molecule has 0 aliphatic carbocycles. The molecule has 1 aliphatic heterocycles. The zero-order valence-corrected chi connectivity index (χ0v) is 15.7. The number of esters is 1. The Morgan fingerprint density at radius 1 is 1.21 bits per heavy atom. The van der Waals surface area contributed by atoms with E-state index in [1.54, 1.807) is 12.1 Å². The monoisotopic (exact) mass is 394 g/mol. The highest BCUT2D eigenvalue weighted by atomic mass is 32.2. The maximum Gasteiger partial charge on any atom is 0.316 e. The predicted molar refractivity (Wildman–Crippen MR) is 105 cm³/mol. The fourth-order valence-corrected chi connectivity index (χ4v) is 3.71. The number of benzene rings is 2. The number of nitrogens with one attached hydrogen (secondary N) is 1. The van der Waals surface area contributed by atoms with Gasteiger partial charge in [0, 0.05) is 12.3 Å². The van der Waals surface area contributed by atoms with Crippen molar-refractivity contribution < 1.29 is 19.4 Å². The van der Waals surface area contributed by atoms with E-state index in [1.807, 2.05) is 30.3 Å². The third-order valence-electron chi connectivity index (χ3n) is 4.23. The summed E-state index contributed by atoms with van der Waals surface area (Å²) in [7, 11) is 0. The molecule has 0 radical (unpaired) electrons. The van der Waals surface area contributed by atoms with Crippen LogP contribution in [0.15, 0.2) is 65.2 Å². The molecule has 2 aromatic carbocycles. The molecule has 2 aromatic rings. The SMILES string of the molecule is N#CC1=C(SCC(=O)OCc2ccccc2)NC(=O)C[C@@H]1c1ccc(O)cc1. The second-order valence-electron chi connectivity index (χ2n) is 6.19. The summed E-state index contributed by atoms with van der Waals surface area (Å²) < 4.78 is 5.23. The highest BCUT2D eigenvalue weighted by molar-refractivity contribution is 8.03. The maximum atomic E-state index is 12.1. The number of phenols is 1. The van der Waals surface area contributed by atoms with Crippen molar-refractivity contribution in [3.8, 4) is 11.8 Å². The van der Waals surface area contributed by atoms with E-state index >= 15 is 0 Å². The quantitative estimate of drug-likeness (QED) is 0.730. The Morgan fingerprint density at radius 2 is 1.93 bits per heavy atom. The van der Waals surface area contributed by atoms with Crippen molar-refractivity contribution in [2.24, 2.45) is 0 Å². The minimum Gasteiger partial charge on any atom is -0.508 e. The molecular weight excluding hydrogens is 376 g/mol. The molecule has 0 saturated carbocycles. The fraction of sp³-hybridized carbons (Fsp3) is 0.190. The van der Waals surface area contributed by atoms with Crippen LogP contribution < -0.4 is 5.32 Å². The highest BCUT2D eigenvalue weighted by Gasteiger charge is 2.30. The van der Waals surface area contributed by atoms with Crippen LogP contribution in [0.3, 0.4) is 0 Å². The molecule has 0 bridgehead atoms. The topological polar surface area (TPSA) is 99.4 Å². The number of rotatable bonds is 6. The lowest BCUT2D eigenvalue weighted by molar-refractivity contribution is -0.141. The Balaban J connectivity index is 1.68. The van der Waals surface area contributed by atoms with Gasteiger partial charge in [-0.05, 0) is 23.3 Å². The number of allylic oxidation sites excluding steroid dienone is 1. The van der Waals surface area contributed by atoms with Gasteiger partial charge >= 0.3 is 5.97 Å². The van der Waals surface area contributed by atoms with Crippen molar-refractivity contribution in [3.05, 3.63) is 76.3 Å². The smallest absolute Gasteiger partial charge is 0.316 e. The van der Waals surface area contributed by atoms with Gasteiger partial charge in [-0.15, -0.1) is 0 Å². The summed E-state index contributed by atoms with van der Waals surface area (Å²) in [6.07, 6.45) is 0.135. The van der Waals surface area contributed by atoms with Gasteiger partial charge in [-0.2, -0.15) is 5.26 Å². The minimum atomic E-state index is -0.431. The normalized spacial score (nSPS) is 16.2. The Bertz CT molecular complexity index is 933. The van der Waals surface area contributed by atoms with Crippen LogP contribution in [0.5, 0.6) is 5.75 Å². The summed E-state index contributed by atoms with van der Waals surface area (Å²) in [4.78, 5) is 24.1. The fourth-order valence-electron chi connectivity index (χ4n) is 2.84. The van der Waals surface area contributed by atoms with Crippen molar-refractivity contribution in [3.63, 3.8) is 0 Å². The van der Waals surface area contributed by atoms with Gasteiger partial charge in [0.05, 0.1) is 22.4 Å². The lowest BCUT2D eigenvalue weighted by Gasteiger charge is -2.25. The van der Waals surface area contributed by atoms with Gasteiger partial charge in [0.1, 0.15) is 12.4 Å². The first-order valence-corrected chi connectivity index (χ1v) is 9.60. The van der Waals surface area contributed by atoms with E-state index in [2.05, 4.69) is 11.4 Å². The summed E-state index contributed by atoms with van der Waals surface area (Å²) in [6.45, 7) is 0.173. The molecule has 0 unspecified atom stereocenters. The number of carbonyl (C=O) groups excluding carboxylic acids is 2. The van der Waals surface area contributed by atoms with E-state index in [9.17, 15) is 20.0 Å². The molecule has 7 heteroatoms. The number of amides is 1. The van der Waals surface area contributed by atoms with E-state index in [4.69, 9.17) is 4.74 Å². The van der Waals surface area contributed by atoms with Gasteiger partial charge in [-0.3, -0.25) is 9.59 Å². The minimum absolute atomic E-state index is 0.0179. The Morgan fingerprint density at radius 3 is 2.61 bits per heavy atom. The van der Waals surface area contributed by atoms with Gasteiger partial charge in [0.15, 0.2) is 0 Å². The van der Waals surface area contributed by atoms with E-state index in [-0.39, 0.29) is 30.4 Å². The third-order valence-corrected chi connectivity index (χ3v) is 5.22. The van der Waals surface area contributed by atoms with Gasteiger partial charge in [0.25, 0.3) is 0 Å². The molecule has 2 N–H and O–H groups in total. The maximum absolute atomic E-state index is 12.1. The molecule has 1 amide bonds. The number of nitriles is 1. The van der Waals surface area contributed by atoms with Gasteiger partial charge in [0.2, 0.25) is 5.91 Å². The second kappa shape index (κ2) is 9.11. The van der Waals surface area contributed by atoms with Crippen molar-refractivity contribution >= 4 is 23.6 Å². The van der Waals surface area contributed by atoms with Crippen LogP contribution in [-0.2, 0) is 20.9 Å². The lowest BCUT2D eigenvalue weighted by Crippen LogP contribution is -2.31. The Labute approximate surface area is 166 Å². The van der Waals surface area contributed by atoms with Crippen molar-refractivity contribution in [2.75, 3.05) is 5.75 Å². The molecule has 0 aromatic heterocycles. The molecule has 28 heavy (non-hydrogen) atoms. The summed E-state index contributed by atoms with van der Waals surface area (Å²) in [6, 6.07) is 17.9. The average Bonchev–Trinajstić information content (AvgIpc) is 2.71. The van der Waals surface area contributed by atoms with Crippen LogP contribution in [0.25, 0.3) is 0 Å². The van der Waals surface area contributed by atoms with Crippen LogP contribution >= 0.6 is 11.8 Å². The number of phenolic OH excluding ortho intramolecular Hbond substituents is 1. The van der Waals surface area contributed by atoms with Crippen molar-refractivity contribution in [1.82, 2.24) is 5.32 Å². The van der Waals surface area contributed by atoms with Crippen LogP contribution in [0.4, 0.5) is 0 Å². The first-order chi connectivity index (χ1) is 13.6. The first-order valence-electron chi connectivity index (χ1n) is 8.62. The number of hydrogen-bond acceptors (Lipinski definition) is 6. The Kier molecular flexibility index (Phi) is 6.35. The molecule has 142 valence electrons. The number of aromatic hydroxyl groups is 1. The zero-order chi connectivity index (χ0) is 19.9. The number of carbonyl (C=O) groups is 2. The second-order valence-corrected chi connectivity index (χ2v) is 7.17. The summed E-state index contributed by atoms with van der Waals surface area (Å²) in [5.74, 6) is -0.975. The van der Waals surface area contributed by atoms with Crippen molar-refractivity contribution in [2.45, 2.75) is 18.9 Å². The number of nitrogens with zero attached hydrogens (tertiary/aromatic N) is 1. The van der Waals surface area contributed by atoms with Crippen LogP contribution in [0.1, 0.15) is 23.5 Å². The average molecular weight is 394 g/mol. The molecule has 6 nitrogen and oxygen atoms in total. The molecule has 0 fully saturated rings. The lowest BCUT2D eigenvalue weighted by atomic mass is 9.87. The molecule has 1 aliphatic rings. The Hall–Kier alpha value is -3.24. The van der Waals surface area contributed by atoms with E-state index in [0.717, 1.165) is 22.9 Å². The molecule has 3 rings (SSSR count). The van der Waals surface area contributed by atoms with Gasteiger partial charge in [-0.1, -0.05) is 54.2 Å². The standard InChI is InChI=1S/C21H18N2O4S/c22-11-18-17(15-6-8-16(24)9-7-15)10-19(25)23-21(18)28-13-20(26)27-12-14-4-2-1-3-5-14/h1-9,17,24H,10,12-13H2,(H,23,25)/t17-/m1/s1. The number of thioether (sulfide) groups is 1.